The third-order valence-electron chi connectivity index (χ3n) is 4.06. The van der Waals surface area contributed by atoms with Gasteiger partial charge >= 0.3 is 5.97 Å². The van der Waals surface area contributed by atoms with Crippen LogP contribution in [-0.2, 0) is 14.4 Å². The Morgan fingerprint density at radius 3 is 2.63 bits per heavy atom. The Kier molecular flexibility index (Phi) is 4.07. The van der Waals surface area contributed by atoms with Crippen LogP contribution in [0.3, 0.4) is 0 Å². The van der Waals surface area contributed by atoms with Crippen LogP contribution in [0.1, 0.15) is 32.6 Å². The summed E-state index contributed by atoms with van der Waals surface area (Å²) in [5.74, 6) is -1.82. The average molecular weight is 268 g/mol. The van der Waals surface area contributed by atoms with Gasteiger partial charge in [-0.3, -0.25) is 14.4 Å². The summed E-state index contributed by atoms with van der Waals surface area (Å²) in [7, 11) is 0. The first-order valence-electron chi connectivity index (χ1n) is 6.77. The predicted octanol–water partition coefficient (Wildman–Crippen LogP) is 0.128. The largest absolute Gasteiger partial charge is 0.481 e. The van der Waals surface area contributed by atoms with Crippen molar-refractivity contribution in [2.45, 2.75) is 38.6 Å². The first-order valence-corrected chi connectivity index (χ1v) is 6.77. The van der Waals surface area contributed by atoms with E-state index in [9.17, 15) is 14.4 Å². The fourth-order valence-electron chi connectivity index (χ4n) is 3.04. The molecule has 19 heavy (non-hydrogen) atoms. The van der Waals surface area contributed by atoms with Crippen molar-refractivity contribution in [3.05, 3.63) is 0 Å². The maximum absolute atomic E-state index is 12.1. The number of nitrogens with one attached hydrogen (secondary N) is 2. The van der Waals surface area contributed by atoms with E-state index in [0.717, 1.165) is 6.42 Å². The Hall–Kier alpha value is -1.59. The van der Waals surface area contributed by atoms with Crippen LogP contribution in [0.2, 0.25) is 0 Å². The van der Waals surface area contributed by atoms with Gasteiger partial charge in [0.1, 0.15) is 0 Å². The molecular weight excluding hydrogens is 248 g/mol. The lowest BCUT2D eigenvalue weighted by Crippen LogP contribution is -2.42. The number of rotatable bonds is 4. The van der Waals surface area contributed by atoms with Crippen molar-refractivity contribution in [3.63, 3.8) is 0 Å². The summed E-state index contributed by atoms with van der Waals surface area (Å²) in [5.41, 5.74) is 0. The molecule has 0 bridgehead atoms. The van der Waals surface area contributed by atoms with E-state index >= 15 is 0 Å². The summed E-state index contributed by atoms with van der Waals surface area (Å²) >= 11 is 0. The van der Waals surface area contributed by atoms with Gasteiger partial charge in [0, 0.05) is 19.0 Å². The van der Waals surface area contributed by atoms with Crippen LogP contribution in [0.4, 0.5) is 0 Å². The summed E-state index contributed by atoms with van der Waals surface area (Å²) in [5, 5.41) is 14.7. The van der Waals surface area contributed by atoms with Gasteiger partial charge in [-0.2, -0.15) is 0 Å². The first-order chi connectivity index (χ1) is 8.97. The number of carboxylic acids is 1. The SMILES string of the molecule is CC1C[C@H](C(=O)NCC2CCC(=O)N2)[C@H](C(=O)O)C1. The molecule has 1 heterocycles. The van der Waals surface area contributed by atoms with Gasteiger partial charge in [-0.05, 0) is 25.2 Å². The van der Waals surface area contributed by atoms with Crippen molar-refractivity contribution in [2.24, 2.45) is 17.8 Å². The van der Waals surface area contributed by atoms with E-state index in [1.807, 2.05) is 6.92 Å². The molecule has 2 aliphatic rings. The Labute approximate surface area is 111 Å². The fourth-order valence-corrected chi connectivity index (χ4v) is 3.04. The van der Waals surface area contributed by atoms with Gasteiger partial charge in [0.25, 0.3) is 0 Å². The lowest BCUT2D eigenvalue weighted by molar-refractivity contribution is -0.146. The molecule has 6 heteroatoms. The van der Waals surface area contributed by atoms with Crippen molar-refractivity contribution in [2.75, 3.05) is 6.54 Å². The maximum Gasteiger partial charge on any atom is 0.307 e. The second kappa shape index (κ2) is 5.59. The van der Waals surface area contributed by atoms with Crippen molar-refractivity contribution >= 4 is 17.8 Å². The number of hydrogen-bond donors (Lipinski definition) is 3. The molecule has 0 aromatic rings. The molecule has 0 aromatic heterocycles. The average Bonchev–Trinajstić information content (AvgIpc) is 2.92. The molecule has 0 aromatic carbocycles. The molecule has 6 nitrogen and oxygen atoms in total. The first kappa shape index (κ1) is 13.8. The van der Waals surface area contributed by atoms with Crippen molar-refractivity contribution in [1.82, 2.24) is 10.6 Å². The molecular formula is C13H20N2O4. The Morgan fingerprint density at radius 1 is 1.37 bits per heavy atom. The molecule has 2 unspecified atom stereocenters. The number of amides is 2. The smallest absolute Gasteiger partial charge is 0.307 e. The zero-order valence-electron chi connectivity index (χ0n) is 11.0. The minimum Gasteiger partial charge on any atom is -0.481 e. The van der Waals surface area contributed by atoms with Crippen LogP contribution in [-0.4, -0.2) is 35.5 Å². The predicted molar refractivity (Wildman–Crippen MR) is 67.2 cm³/mol. The highest BCUT2D eigenvalue weighted by atomic mass is 16.4. The zero-order valence-corrected chi connectivity index (χ0v) is 11.0. The van der Waals surface area contributed by atoms with E-state index in [2.05, 4.69) is 10.6 Å². The van der Waals surface area contributed by atoms with E-state index in [1.165, 1.54) is 0 Å². The van der Waals surface area contributed by atoms with E-state index in [-0.39, 0.29) is 23.8 Å². The molecule has 4 atom stereocenters. The van der Waals surface area contributed by atoms with Crippen LogP contribution in [0.5, 0.6) is 0 Å². The topological polar surface area (TPSA) is 95.5 Å². The maximum atomic E-state index is 12.1. The van der Waals surface area contributed by atoms with Crippen LogP contribution in [0.15, 0.2) is 0 Å². The molecule has 0 spiro atoms. The fraction of sp³-hybridized carbons (Fsp3) is 0.769. The van der Waals surface area contributed by atoms with Gasteiger partial charge in [0.2, 0.25) is 11.8 Å². The van der Waals surface area contributed by atoms with Crippen LogP contribution in [0, 0.1) is 17.8 Å². The van der Waals surface area contributed by atoms with Gasteiger partial charge in [-0.15, -0.1) is 0 Å². The summed E-state index contributed by atoms with van der Waals surface area (Å²) in [6, 6.07) is -0.0152. The Balaban J connectivity index is 1.85. The molecule has 2 rings (SSSR count). The summed E-state index contributed by atoms with van der Waals surface area (Å²) in [6.45, 7) is 2.36. The number of carbonyl (C=O) groups excluding carboxylic acids is 2. The molecule has 0 radical (unpaired) electrons. The third kappa shape index (κ3) is 3.24. The van der Waals surface area contributed by atoms with Gasteiger partial charge in [-0.25, -0.2) is 0 Å². The van der Waals surface area contributed by atoms with Crippen molar-refractivity contribution < 1.29 is 19.5 Å². The van der Waals surface area contributed by atoms with E-state index in [4.69, 9.17) is 5.11 Å². The Bertz CT molecular complexity index is 396. The van der Waals surface area contributed by atoms with E-state index < -0.39 is 17.8 Å². The zero-order chi connectivity index (χ0) is 14.0. The minimum atomic E-state index is -0.890. The molecule has 2 amide bonds. The van der Waals surface area contributed by atoms with Crippen LogP contribution in [0.25, 0.3) is 0 Å². The molecule has 1 aliphatic heterocycles. The quantitative estimate of drug-likeness (QED) is 0.675. The lowest BCUT2D eigenvalue weighted by atomic mass is 9.95. The number of carbonyl (C=O) groups is 3. The van der Waals surface area contributed by atoms with Gasteiger partial charge in [0.15, 0.2) is 0 Å². The highest BCUT2D eigenvalue weighted by molar-refractivity contribution is 5.85. The van der Waals surface area contributed by atoms with Gasteiger partial charge < -0.3 is 15.7 Å². The van der Waals surface area contributed by atoms with Crippen molar-refractivity contribution in [3.8, 4) is 0 Å². The standard InChI is InChI=1S/C13H20N2O4/c1-7-4-9(10(5-7)13(18)19)12(17)14-6-8-2-3-11(16)15-8/h7-10H,2-6H2,1H3,(H,14,17)(H,15,16)(H,18,19)/t7?,8?,9-,10+/m0/s1. The van der Waals surface area contributed by atoms with Crippen molar-refractivity contribution in [1.29, 1.82) is 0 Å². The van der Waals surface area contributed by atoms with Gasteiger partial charge in [0.05, 0.1) is 11.8 Å². The second-order valence-electron chi connectivity index (χ2n) is 5.68. The molecule has 106 valence electrons. The van der Waals surface area contributed by atoms with E-state index in [0.29, 0.717) is 25.8 Å². The lowest BCUT2D eigenvalue weighted by Gasteiger charge is -2.17. The highest BCUT2D eigenvalue weighted by Gasteiger charge is 2.41. The monoisotopic (exact) mass is 268 g/mol. The molecule has 2 fully saturated rings. The normalized spacial score (nSPS) is 34.1. The Morgan fingerprint density at radius 2 is 2.05 bits per heavy atom. The van der Waals surface area contributed by atoms with Crippen LogP contribution >= 0.6 is 0 Å². The van der Waals surface area contributed by atoms with Crippen LogP contribution < -0.4 is 10.6 Å². The molecule has 1 saturated heterocycles. The van der Waals surface area contributed by atoms with Gasteiger partial charge in [-0.1, -0.05) is 6.92 Å². The molecule has 1 aliphatic carbocycles. The number of hydrogen-bond acceptors (Lipinski definition) is 3. The third-order valence-corrected chi connectivity index (χ3v) is 4.06. The summed E-state index contributed by atoms with van der Waals surface area (Å²) in [4.78, 5) is 34.2. The number of aliphatic carboxylic acids is 1. The highest BCUT2D eigenvalue weighted by Crippen LogP contribution is 2.36. The second-order valence-corrected chi connectivity index (χ2v) is 5.68. The minimum absolute atomic E-state index is 0.0113. The molecule has 3 N–H and O–H groups in total. The van der Waals surface area contributed by atoms with E-state index in [1.54, 1.807) is 0 Å². The number of carboxylic acid groups (broad SMARTS) is 1. The molecule has 1 saturated carbocycles. The summed E-state index contributed by atoms with van der Waals surface area (Å²) < 4.78 is 0. The summed E-state index contributed by atoms with van der Waals surface area (Å²) in [6.07, 6.45) is 2.41.